The molecule has 0 spiro atoms. The number of rotatable bonds is 5. The minimum atomic E-state index is 0.787. The van der Waals surface area contributed by atoms with Crippen LogP contribution in [-0.4, -0.2) is 24.7 Å². The monoisotopic (exact) mass is 297 g/mol. The number of nitrogens with zero attached hydrogens (tertiary/aromatic N) is 5. The highest BCUT2D eigenvalue weighted by molar-refractivity contribution is 7.98. The van der Waals surface area contributed by atoms with Crippen molar-refractivity contribution in [2.45, 2.75) is 24.4 Å². The van der Waals surface area contributed by atoms with E-state index in [4.69, 9.17) is 0 Å². The molecule has 0 atom stereocenters. The molecule has 0 aliphatic rings. The second-order valence-electron chi connectivity index (χ2n) is 4.40. The van der Waals surface area contributed by atoms with Gasteiger partial charge in [0.25, 0.3) is 0 Å². The molecule has 21 heavy (non-hydrogen) atoms. The number of thioether (sulfide) groups is 1. The Morgan fingerprint density at radius 3 is 2.62 bits per heavy atom. The fourth-order valence-electron chi connectivity index (χ4n) is 2.02. The highest BCUT2D eigenvalue weighted by Crippen LogP contribution is 2.25. The molecule has 0 fully saturated rings. The standard InChI is InChI=1S/C15H15N5S/c1-2-20-14(12-6-9-16-10-7-12)18-19-15(20)21-11-13-5-3-4-8-17-13/h3-10H,2,11H2,1H3. The molecule has 3 rings (SSSR count). The van der Waals surface area contributed by atoms with E-state index in [1.165, 1.54) is 0 Å². The minimum absolute atomic E-state index is 0.787. The first-order valence-electron chi connectivity index (χ1n) is 6.75. The van der Waals surface area contributed by atoms with Crippen LogP contribution in [0.15, 0.2) is 54.1 Å². The van der Waals surface area contributed by atoms with Gasteiger partial charge in [0.15, 0.2) is 11.0 Å². The summed E-state index contributed by atoms with van der Waals surface area (Å²) in [6.07, 6.45) is 5.35. The lowest BCUT2D eigenvalue weighted by Crippen LogP contribution is -2.00. The Labute approximate surface area is 127 Å². The van der Waals surface area contributed by atoms with Crippen molar-refractivity contribution >= 4 is 11.8 Å². The highest BCUT2D eigenvalue weighted by atomic mass is 32.2. The average molecular weight is 297 g/mol. The summed E-state index contributed by atoms with van der Waals surface area (Å²) in [5.74, 6) is 1.67. The molecule has 0 unspecified atom stereocenters. The lowest BCUT2D eigenvalue weighted by Gasteiger charge is -2.06. The smallest absolute Gasteiger partial charge is 0.191 e. The van der Waals surface area contributed by atoms with Gasteiger partial charge >= 0.3 is 0 Å². The molecule has 3 aromatic rings. The molecule has 0 bridgehead atoms. The van der Waals surface area contributed by atoms with E-state index in [0.717, 1.165) is 34.5 Å². The molecular weight excluding hydrogens is 282 g/mol. The van der Waals surface area contributed by atoms with Crippen molar-refractivity contribution in [3.8, 4) is 11.4 Å². The zero-order valence-electron chi connectivity index (χ0n) is 11.7. The van der Waals surface area contributed by atoms with Crippen LogP contribution in [0.1, 0.15) is 12.6 Å². The van der Waals surface area contributed by atoms with Gasteiger partial charge in [0.05, 0.1) is 5.69 Å². The van der Waals surface area contributed by atoms with Gasteiger partial charge in [0.2, 0.25) is 0 Å². The number of hydrogen-bond acceptors (Lipinski definition) is 5. The number of hydrogen-bond donors (Lipinski definition) is 0. The molecule has 0 amide bonds. The van der Waals surface area contributed by atoms with E-state index in [1.807, 2.05) is 36.5 Å². The maximum Gasteiger partial charge on any atom is 0.191 e. The fraction of sp³-hybridized carbons (Fsp3) is 0.200. The SMILES string of the molecule is CCn1c(SCc2ccccn2)nnc1-c1ccncc1. The molecule has 3 heterocycles. The Bertz CT molecular complexity index is 697. The Hall–Kier alpha value is -2.21. The van der Waals surface area contributed by atoms with E-state index in [1.54, 1.807) is 24.2 Å². The molecule has 0 radical (unpaired) electrons. The molecule has 5 nitrogen and oxygen atoms in total. The van der Waals surface area contributed by atoms with Crippen molar-refractivity contribution < 1.29 is 0 Å². The Morgan fingerprint density at radius 2 is 1.90 bits per heavy atom. The molecule has 0 saturated carbocycles. The summed E-state index contributed by atoms with van der Waals surface area (Å²) < 4.78 is 2.11. The average Bonchev–Trinajstić information content (AvgIpc) is 2.97. The van der Waals surface area contributed by atoms with Crippen LogP contribution < -0.4 is 0 Å². The Kier molecular flexibility index (Phi) is 4.25. The Balaban J connectivity index is 1.82. The lowest BCUT2D eigenvalue weighted by atomic mass is 10.2. The summed E-state index contributed by atoms with van der Waals surface area (Å²) in [5, 5.41) is 9.53. The van der Waals surface area contributed by atoms with Crippen LogP contribution in [0.4, 0.5) is 0 Å². The van der Waals surface area contributed by atoms with Gasteiger partial charge < -0.3 is 4.57 Å². The zero-order valence-corrected chi connectivity index (χ0v) is 12.5. The first kappa shape index (κ1) is 13.8. The second kappa shape index (κ2) is 6.49. The molecule has 0 aliphatic heterocycles. The molecule has 0 aliphatic carbocycles. The topological polar surface area (TPSA) is 56.5 Å². The summed E-state index contributed by atoms with van der Waals surface area (Å²) >= 11 is 1.65. The van der Waals surface area contributed by atoms with Gasteiger partial charge in [-0.05, 0) is 31.2 Å². The van der Waals surface area contributed by atoms with Crippen molar-refractivity contribution in [2.24, 2.45) is 0 Å². The maximum atomic E-state index is 4.33. The largest absolute Gasteiger partial charge is 0.302 e. The van der Waals surface area contributed by atoms with Crippen molar-refractivity contribution in [3.05, 3.63) is 54.6 Å². The van der Waals surface area contributed by atoms with Gasteiger partial charge in [-0.3, -0.25) is 9.97 Å². The normalized spacial score (nSPS) is 10.7. The summed E-state index contributed by atoms with van der Waals surface area (Å²) in [6, 6.07) is 9.83. The van der Waals surface area contributed by atoms with Gasteiger partial charge in [-0.15, -0.1) is 10.2 Å². The van der Waals surface area contributed by atoms with Crippen LogP contribution in [0.25, 0.3) is 11.4 Å². The van der Waals surface area contributed by atoms with E-state index in [-0.39, 0.29) is 0 Å². The lowest BCUT2D eigenvalue weighted by molar-refractivity contribution is 0.687. The molecule has 106 valence electrons. The van der Waals surface area contributed by atoms with Crippen LogP contribution >= 0.6 is 11.8 Å². The number of aromatic nitrogens is 5. The molecule has 3 aromatic heterocycles. The first-order valence-corrected chi connectivity index (χ1v) is 7.73. The van der Waals surface area contributed by atoms with Crippen molar-refractivity contribution in [1.29, 1.82) is 0 Å². The van der Waals surface area contributed by atoms with Gasteiger partial charge in [0.1, 0.15) is 0 Å². The highest BCUT2D eigenvalue weighted by Gasteiger charge is 2.13. The molecule has 0 N–H and O–H groups in total. The van der Waals surface area contributed by atoms with Crippen molar-refractivity contribution in [1.82, 2.24) is 24.7 Å². The van der Waals surface area contributed by atoms with Crippen LogP contribution in [0.3, 0.4) is 0 Å². The molecule has 0 aromatic carbocycles. The van der Waals surface area contributed by atoms with E-state index in [9.17, 15) is 0 Å². The molecule has 0 saturated heterocycles. The van der Waals surface area contributed by atoms with Gasteiger partial charge in [-0.2, -0.15) is 0 Å². The first-order chi connectivity index (χ1) is 10.4. The molecular formula is C15H15N5S. The third-order valence-corrected chi connectivity index (χ3v) is 4.05. The minimum Gasteiger partial charge on any atom is -0.302 e. The van der Waals surface area contributed by atoms with Crippen LogP contribution in [0, 0.1) is 0 Å². The fourth-order valence-corrected chi connectivity index (χ4v) is 2.93. The van der Waals surface area contributed by atoms with Crippen LogP contribution in [0.5, 0.6) is 0 Å². The van der Waals surface area contributed by atoms with Crippen LogP contribution in [0.2, 0.25) is 0 Å². The third kappa shape index (κ3) is 3.11. The van der Waals surface area contributed by atoms with Crippen LogP contribution in [-0.2, 0) is 12.3 Å². The van der Waals surface area contributed by atoms with E-state index in [2.05, 4.69) is 31.7 Å². The maximum absolute atomic E-state index is 4.33. The van der Waals surface area contributed by atoms with E-state index >= 15 is 0 Å². The summed E-state index contributed by atoms with van der Waals surface area (Å²) in [5.41, 5.74) is 2.07. The van der Waals surface area contributed by atoms with Gasteiger partial charge in [0, 0.05) is 36.5 Å². The quantitative estimate of drug-likeness (QED) is 0.677. The summed E-state index contributed by atoms with van der Waals surface area (Å²) in [6.45, 7) is 2.92. The third-order valence-electron chi connectivity index (χ3n) is 3.05. The molecule has 6 heteroatoms. The predicted octanol–water partition coefficient (Wildman–Crippen LogP) is 3.05. The summed E-state index contributed by atoms with van der Waals surface area (Å²) in [4.78, 5) is 8.37. The van der Waals surface area contributed by atoms with E-state index < -0.39 is 0 Å². The van der Waals surface area contributed by atoms with Gasteiger partial charge in [-0.25, -0.2) is 0 Å². The number of pyridine rings is 2. The summed E-state index contributed by atoms with van der Waals surface area (Å²) in [7, 11) is 0. The van der Waals surface area contributed by atoms with Gasteiger partial charge in [-0.1, -0.05) is 17.8 Å². The zero-order chi connectivity index (χ0) is 14.5. The van der Waals surface area contributed by atoms with Crippen molar-refractivity contribution in [3.63, 3.8) is 0 Å². The van der Waals surface area contributed by atoms with Crippen molar-refractivity contribution in [2.75, 3.05) is 0 Å². The Morgan fingerprint density at radius 1 is 1.05 bits per heavy atom. The predicted molar refractivity (Wildman–Crippen MR) is 82.7 cm³/mol. The van der Waals surface area contributed by atoms with E-state index in [0.29, 0.717) is 0 Å². The second-order valence-corrected chi connectivity index (χ2v) is 5.34.